The van der Waals surface area contributed by atoms with Gasteiger partial charge < -0.3 is 10.0 Å². The number of carbonyl (C=O) groups is 1. The van der Waals surface area contributed by atoms with Crippen molar-refractivity contribution in [2.45, 2.75) is 24.4 Å². The molecule has 1 fully saturated rings. The maximum atomic E-state index is 12.6. The molecule has 1 heterocycles. The summed E-state index contributed by atoms with van der Waals surface area (Å²) in [4.78, 5) is 14.1. The lowest BCUT2D eigenvalue weighted by molar-refractivity contribution is -0.146. The molecule has 116 valence electrons. The number of rotatable bonds is 4. The molecule has 1 saturated heterocycles. The number of hydrogen-bond acceptors (Lipinski definition) is 3. The third-order valence-electron chi connectivity index (χ3n) is 4.40. The van der Waals surface area contributed by atoms with Crippen molar-refractivity contribution in [2.24, 2.45) is 0 Å². The molecule has 3 rings (SSSR count). The summed E-state index contributed by atoms with van der Waals surface area (Å²) >= 11 is 0. The highest BCUT2D eigenvalue weighted by Crippen LogP contribution is 2.40. The SMILES string of the molecule is N#C[C@@H]1[C@H](c2ccccc2)[C@@H](CO)N1C(=O)Cc1ccccc1. The molecule has 0 spiro atoms. The Hall–Kier alpha value is -2.64. The normalized spacial score (nSPS) is 23.0. The van der Waals surface area contributed by atoms with Crippen molar-refractivity contribution in [3.8, 4) is 6.07 Å². The zero-order valence-corrected chi connectivity index (χ0v) is 12.7. The van der Waals surface area contributed by atoms with E-state index in [1.165, 1.54) is 4.90 Å². The number of aliphatic hydroxyl groups is 1. The zero-order chi connectivity index (χ0) is 16.2. The van der Waals surface area contributed by atoms with Gasteiger partial charge in [-0.25, -0.2) is 0 Å². The molecule has 0 aromatic heterocycles. The van der Waals surface area contributed by atoms with Crippen molar-refractivity contribution in [1.29, 1.82) is 5.26 Å². The molecular formula is C19H18N2O2. The van der Waals surface area contributed by atoms with Gasteiger partial charge in [0.2, 0.25) is 5.91 Å². The molecule has 0 bridgehead atoms. The fourth-order valence-corrected chi connectivity index (χ4v) is 3.29. The highest BCUT2D eigenvalue weighted by molar-refractivity contribution is 5.81. The highest BCUT2D eigenvalue weighted by Gasteiger charge is 2.51. The first-order valence-electron chi connectivity index (χ1n) is 7.66. The number of amides is 1. The Labute approximate surface area is 135 Å². The first-order valence-corrected chi connectivity index (χ1v) is 7.66. The van der Waals surface area contributed by atoms with E-state index in [4.69, 9.17) is 0 Å². The van der Waals surface area contributed by atoms with Gasteiger partial charge in [-0.15, -0.1) is 0 Å². The van der Waals surface area contributed by atoms with Crippen LogP contribution in [0, 0.1) is 11.3 Å². The lowest BCUT2D eigenvalue weighted by Crippen LogP contribution is -2.65. The average Bonchev–Trinajstić information content (AvgIpc) is 2.56. The van der Waals surface area contributed by atoms with Gasteiger partial charge in [-0.2, -0.15) is 5.26 Å². The second-order valence-electron chi connectivity index (χ2n) is 5.72. The predicted molar refractivity (Wildman–Crippen MR) is 86.4 cm³/mol. The summed E-state index contributed by atoms with van der Waals surface area (Å²) in [6.07, 6.45) is 0.247. The minimum absolute atomic E-state index is 0.117. The number of likely N-dealkylation sites (tertiary alicyclic amines) is 1. The fraction of sp³-hybridized carbons (Fsp3) is 0.263. The van der Waals surface area contributed by atoms with E-state index >= 15 is 0 Å². The van der Waals surface area contributed by atoms with Crippen LogP contribution in [0.1, 0.15) is 17.0 Å². The van der Waals surface area contributed by atoms with Gasteiger partial charge in [0.05, 0.1) is 25.1 Å². The second-order valence-corrected chi connectivity index (χ2v) is 5.72. The standard InChI is InChI=1S/C19H18N2O2/c20-12-16-19(15-9-5-2-6-10-15)17(13-22)21(16)18(23)11-14-7-3-1-4-8-14/h1-10,16-17,19,22H,11,13H2/t16-,17-,19+/m1/s1. The van der Waals surface area contributed by atoms with Crippen molar-refractivity contribution in [3.05, 3.63) is 71.8 Å². The number of aliphatic hydroxyl groups excluding tert-OH is 1. The molecule has 0 radical (unpaired) electrons. The Balaban J connectivity index is 1.80. The number of carbonyl (C=O) groups excluding carboxylic acids is 1. The molecule has 2 aromatic rings. The molecule has 2 aromatic carbocycles. The molecule has 4 nitrogen and oxygen atoms in total. The van der Waals surface area contributed by atoms with Crippen LogP contribution >= 0.6 is 0 Å². The van der Waals surface area contributed by atoms with Crippen molar-refractivity contribution in [1.82, 2.24) is 4.90 Å². The maximum Gasteiger partial charge on any atom is 0.228 e. The van der Waals surface area contributed by atoms with Crippen LogP contribution < -0.4 is 0 Å². The molecule has 0 aliphatic carbocycles. The fourth-order valence-electron chi connectivity index (χ4n) is 3.29. The Morgan fingerprint density at radius 3 is 2.26 bits per heavy atom. The van der Waals surface area contributed by atoms with E-state index in [0.717, 1.165) is 11.1 Å². The minimum atomic E-state index is -0.522. The van der Waals surface area contributed by atoms with Crippen LogP contribution in [0.25, 0.3) is 0 Å². The van der Waals surface area contributed by atoms with Crippen LogP contribution in [0.2, 0.25) is 0 Å². The van der Waals surface area contributed by atoms with Gasteiger partial charge in [0.15, 0.2) is 0 Å². The number of hydrogen-bond donors (Lipinski definition) is 1. The van der Waals surface area contributed by atoms with Gasteiger partial charge in [-0.05, 0) is 11.1 Å². The summed E-state index contributed by atoms with van der Waals surface area (Å²) in [5.41, 5.74) is 1.90. The first kappa shape index (κ1) is 15.3. The predicted octanol–water partition coefficient (Wildman–Crippen LogP) is 2.11. The summed E-state index contributed by atoms with van der Waals surface area (Å²) in [5, 5.41) is 19.2. The van der Waals surface area contributed by atoms with Crippen molar-refractivity contribution in [3.63, 3.8) is 0 Å². The van der Waals surface area contributed by atoms with Crippen LogP contribution in [0.3, 0.4) is 0 Å². The molecule has 23 heavy (non-hydrogen) atoms. The summed E-state index contributed by atoms with van der Waals surface area (Å²) in [6, 6.07) is 20.4. The molecule has 0 unspecified atom stereocenters. The highest BCUT2D eigenvalue weighted by atomic mass is 16.3. The van der Waals surface area contributed by atoms with Crippen molar-refractivity contribution in [2.75, 3.05) is 6.61 Å². The van der Waals surface area contributed by atoms with Crippen LogP contribution in [0.4, 0.5) is 0 Å². The molecule has 0 saturated carbocycles. The van der Waals surface area contributed by atoms with Gasteiger partial charge in [-0.3, -0.25) is 4.79 Å². The van der Waals surface area contributed by atoms with Crippen LogP contribution in [-0.2, 0) is 11.2 Å². The van der Waals surface area contributed by atoms with E-state index in [0.29, 0.717) is 0 Å². The van der Waals surface area contributed by atoms with E-state index < -0.39 is 6.04 Å². The number of nitrogens with zero attached hydrogens (tertiary/aromatic N) is 2. The van der Waals surface area contributed by atoms with Crippen LogP contribution in [0.5, 0.6) is 0 Å². The smallest absolute Gasteiger partial charge is 0.228 e. The first-order chi connectivity index (χ1) is 11.3. The summed E-state index contributed by atoms with van der Waals surface area (Å²) in [7, 11) is 0. The van der Waals surface area contributed by atoms with Crippen molar-refractivity contribution >= 4 is 5.91 Å². The van der Waals surface area contributed by atoms with Crippen molar-refractivity contribution < 1.29 is 9.90 Å². The Morgan fingerprint density at radius 1 is 1.09 bits per heavy atom. The minimum Gasteiger partial charge on any atom is -0.394 e. The van der Waals surface area contributed by atoms with E-state index in [9.17, 15) is 15.2 Å². The molecule has 1 aliphatic rings. The summed E-state index contributed by atoms with van der Waals surface area (Å²) in [5.74, 6) is -0.250. The summed E-state index contributed by atoms with van der Waals surface area (Å²) < 4.78 is 0. The van der Waals surface area contributed by atoms with E-state index in [-0.39, 0.29) is 30.9 Å². The third-order valence-corrected chi connectivity index (χ3v) is 4.40. The number of nitriles is 1. The number of benzene rings is 2. The van der Waals surface area contributed by atoms with Gasteiger partial charge in [0.1, 0.15) is 6.04 Å². The maximum absolute atomic E-state index is 12.6. The van der Waals surface area contributed by atoms with Crippen LogP contribution in [-0.4, -0.2) is 34.6 Å². The lowest BCUT2D eigenvalue weighted by atomic mass is 9.75. The van der Waals surface area contributed by atoms with Gasteiger partial charge in [0, 0.05) is 5.92 Å². The topological polar surface area (TPSA) is 64.3 Å². The summed E-state index contributed by atoms with van der Waals surface area (Å²) in [6.45, 7) is -0.141. The van der Waals surface area contributed by atoms with E-state index in [1.54, 1.807) is 0 Å². The molecule has 1 N–H and O–H groups in total. The largest absolute Gasteiger partial charge is 0.394 e. The van der Waals surface area contributed by atoms with Crippen LogP contribution in [0.15, 0.2) is 60.7 Å². The second kappa shape index (κ2) is 6.64. The van der Waals surface area contributed by atoms with E-state index in [2.05, 4.69) is 6.07 Å². The monoisotopic (exact) mass is 306 g/mol. The van der Waals surface area contributed by atoms with Gasteiger partial charge in [-0.1, -0.05) is 60.7 Å². The van der Waals surface area contributed by atoms with Gasteiger partial charge >= 0.3 is 0 Å². The lowest BCUT2D eigenvalue weighted by Gasteiger charge is -2.51. The van der Waals surface area contributed by atoms with E-state index in [1.807, 2.05) is 60.7 Å². The average molecular weight is 306 g/mol. The Kier molecular flexibility index (Phi) is 4.40. The van der Waals surface area contributed by atoms with Gasteiger partial charge in [0.25, 0.3) is 0 Å². The third kappa shape index (κ3) is 2.84. The Morgan fingerprint density at radius 2 is 1.70 bits per heavy atom. The molecular weight excluding hydrogens is 288 g/mol. The quantitative estimate of drug-likeness (QED) is 0.941. The molecule has 1 amide bonds. The molecule has 4 heteroatoms. The zero-order valence-electron chi connectivity index (χ0n) is 12.7. The molecule has 1 aliphatic heterocycles. The Bertz CT molecular complexity index is 709. The molecule has 3 atom stereocenters.